The van der Waals surface area contributed by atoms with Gasteiger partial charge in [0.2, 0.25) is 0 Å². The van der Waals surface area contributed by atoms with Crippen LogP contribution >= 0.6 is 11.3 Å². The summed E-state index contributed by atoms with van der Waals surface area (Å²) in [6, 6.07) is 6.42. The van der Waals surface area contributed by atoms with E-state index in [2.05, 4.69) is 26.0 Å². The first kappa shape index (κ1) is 23.5. The number of rotatable bonds is 7. The van der Waals surface area contributed by atoms with Crippen LogP contribution in [0.3, 0.4) is 0 Å². The first-order valence-electron chi connectivity index (χ1n) is 11.6. The number of methoxy groups -OCH3 is 1. The number of benzene rings is 1. The van der Waals surface area contributed by atoms with Gasteiger partial charge in [-0.25, -0.2) is 14.1 Å². The Morgan fingerprint density at radius 2 is 2.26 bits per heavy atom. The van der Waals surface area contributed by atoms with Crippen molar-refractivity contribution in [3.8, 4) is 11.3 Å². The zero-order valence-corrected chi connectivity index (χ0v) is 20.5. The van der Waals surface area contributed by atoms with Crippen molar-refractivity contribution >= 4 is 33.1 Å². The molecule has 4 heterocycles. The fourth-order valence-electron chi connectivity index (χ4n) is 4.49. The standard InChI is InChI=1S/C25H27FN6O2S/c1-16-15-35-22-7-9-28-24(23(16)22)32(18-4-3-8-27-13-18)25(33)19-6-5-17(12-20(19)26)21-14-31(30-29-21)10-11-34-2/h5-7,9,12,14-15,18,27H,3-4,8,10-11,13H2,1-2H3/t18-/m1/s1. The van der Waals surface area contributed by atoms with Crippen LogP contribution in [0.1, 0.15) is 28.8 Å². The van der Waals surface area contributed by atoms with Gasteiger partial charge in [0.05, 0.1) is 31.0 Å². The van der Waals surface area contributed by atoms with E-state index in [0.29, 0.717) is 36.8 Å². The molecule has 35 heavy (non-hydrogen) atoms. The van der Waals surface area contributed by atoms with Crippen LogP contribution in [0.5, 0.6) is 0 Å². The van der Waals surface area contributed by atoms with Gasteiger partial charge in [0.15, 0.2) is 0 Å². The lowest BCUT2D eigenvalue weighted by Crippen LogP contribution is -2.49. The molecule has 1 aromatic carbocycles. The summed E-state index contributed by atoms with van der Waals surface area (Å²) in [4.78, 5) is 20.2. The predicted octanol–water partition coefficient (Wildman–Crippen LogP) is 4.05. The van der Waals surface area contributed by atoms with Crippen molar-refractivity contribution in [1.29, 1.82) is 0 Å². The molecule has 0 bridgehead atoms. The summed E-state index contributed by atoms with van der Waals surface area (Å²) in [5, 5.41) is 14.6. The van der Waals surface area contributed by atoms with Crippen LogP contribution < -0.4 is 10.2 Å². The second-order valence-corrected chi connectivity index (χ2v) is 9.57. The smallest absolute Gasteiger partial charge is 0.262 e. The second kappa shape index (κ2) is 10.2. The monoisotopic (exact) mass is 494 g/mol. The highest BCUT2D eigenvalue weighted by atomic mass is 32.1. The van der Waals surface area contributed by atoms with Crippen LogP contribution in [0.15, 0.2) is 42.0 Å². The van der Waals surface area contributed by atoms with Gasteiger partial charge in [-0.1, -0.05) is 11.3 Å². The number of carbonyl (C=O) groups excluding carboxylic acids is 1. The maximum Gasteiger partial charge on any atom is 0.262 e. The molecule has 8 nitrogen and oxygen atoms in total. The van der Waals surface area contributed by atoms with Crippen molar-refractivity contribution in [3.63, 3.8) is 0 Å². The van der Waals surface area contributed by atoms with Crippen LogP contribution in [-0.2, 0) is 11.3 Å². The molecular formula is C25H27FN6O2S. The summed E-state index contributed by atoms with van der Waals surface area (Å²) in [5.41, 5.74) is 2.16. The van der Waals surface area contributed by atoms with Crippen molar-refractivity contribution in [2.75, 3.05) is 31.7 Å². The number of aryl methyl sites for hydroxylation is 1. The topological polar surface area (TPSA) is 85.2 Å². The highest BCUT2D eigenvalue weighted by Crippen LogP contribution is 2.35. The molecule has 1 N–H and O–H groups in total. The van der Waals surface area contributed by atoms with Crippen molar-refractivity contribution in [2.24, 2.45) is 0 Å². The lowest BCUT2D eigenvalue weighted by Gasteiger charge is -2.34. The Bertz CT molecular complexity index is 1350. The zero-order chi connectivity index (χ0) is 24.4. The molecule has 1 aliphatic heterocycles. The van der Waals surface area contributed by atoms with Gasteiger partial charge in [0.25, 0.3) is 5.91 Å². The molecule has 0 unspecified atom stereocenters. The Hall–Kier alpha value is -3.21. The molecule has 1 amide bonds. The van der Waals surface area contributed by atoms with Gasteiger partial charge in [-0.3, -0.25) is 9.69 Å². The van der Waals surface area contributed by atoms with Gasteiger partial charge in [-0.15, -0.1) is 16.4 Å². The largest absolute Gasteiger partial charge is 0.383 e. The number of pyridine rings is 1. The number of piperidine rings is 1. The maximum atomic E-state index is 15.4. The fourth-order valence-corrected chi connectivity index (χ4v) is 5.42. The van der Waals surface area contributed by atoms with E-state index in [0.717, 1.165) is 35.0 Å². The predicted molar refractivity (Wildman–Crippen MR) is 134 cm³/mol. The Kier molecular flexibility index (Phi) is 6.85. The first-order valence-corrected chi connectivity index (χ1v) is 12.5. The zero-order valence-electron chi connectivity index (χ0n) is 19.7. The van der Waals surface area contributed by atoms with Crippen molar-refractivity contribution in [1.82, 2.24) is 25.3 Å². The summed E-state index contributed by atoms with van der Waals surface area (Å²) < 4.78 is 23.2. The molecule has 1 aliphatic rings. The average molecular weight is 495 g/mol. The lowest BCUT2D eigenvalue weighted by molar-refractivity contribution is 0.0968. The van der Waals surface area contributed by atoms with Crippen molar-refractivity contribution in [2.45, 2.75) is 32.4 Å². The molecule has 0 radical (unpaired) electrons. The lowest BCUT2D eigenvalue weighted by atomic mass is 10.0. The number of fused-ring (bicyclic) bond motifs is 1. The summed E-state index contributed by atoms with van der Waals surface area (Å²) in [5.74, 6) is -0.400. The van der Waals surface area contributed by atoms with Crippen molar-refractivity contribution in [3.05, 3.63) is 59.0 Å². The number of nitrogens with zero attached hydrogens (tertiary/aromatic N) is 5. The molecule has 5 rings (SSSR count). The number of aromatic nitrogens is 4. The fraction of sp³-hybridized carbons (Fsp3) is 0.360. The third-order valence-corrected chi connectivity index (χ3v) is 7.36. The van der Waals surface area contributed by atoms with E-state index in [1.54, 1.807) is 46.5 Å². The van der Waals surface area contributed by atoms with Crippen LogP contribution in [0, 0.1) is 12.7 Å². The normalized spacial score (nSPS) is 16.0. The molecule has 3 aromatic heterocycles. The van der Waals surface area contributed by atoms with E-state index in [4.69, 9.17) is 4.74 Å². The molecular weight excluding hydrogens is 467 g/mol. The Labute approximate surface area is 206 Å². The molecule has 4 aromatic rings. The number of amides is 1. The van der Waals surface area contributed by atoms with Crippen LogP contribution in [0.2, 0.25) is 0 Å². The third kappa shape index (κ3) is 4.69. The van der Waals surface area contributed by atoms with E-state index >= 15 is 4.39 Å². The molecule has 182 valence electrons. The number of carbonyl (C=O) groups is 1. The molecule has 1 atom stereocenters. The van der Waals surface area contributed by atoms with Gasteiger partial charge < -0.3 is 10.1 Å². The quantitative estimate of drug-likeness (QED) is 0.417. The Balaban J connectivity index is 1.51. The number of hydrogen-bond acceptors (Lipinski definition) is 7. The summed E-state index contributed by atoms with van der Waals surface area (Å²) in [6.07, 6.45) is 5.22. The van der Waals surface area contributed by atoms with E-state index in [1.165, 1.54) is 12.1 Å². The Morgan fingerprint density at radius 3 is 3.03 bits per heavy atom. The number of ether oxygens (including phenoxy) is 1. The summed E-state index contributed by atoms with van der Waals surface area (Å²) in [6.45, 7) is 4.61. The number of anilines is 1. The van der Waals surface area contributed by atoms with E-state index in [9.17, 15) is 4.79 Å². The molecule has 10 heteroatoms. The van der Waals surface area contributed by atoms with E-state index in [-0.39, 0.29) is 11.6 Å². The van der Waals surface area contributed by atoms with Gasteiger partial charge in [-0.2, -0.15) is 0 Å². The van der Waals surface area contributed by atoms with E-state index in [1.807, 2.05) is 13.0 Å². The minimum Gasteiger partial charge on any atom is -0.383 e. The average Bonchev–Trinajstić information content (AvgIpc) is 3.51. The minimum absolute atomic E-state index is 0.0118. The highest BCUT2D eigenvalue weighted by Gasteiger charge is 2.32. The van der Waals surface area contributed by atoms with E-state index < -0.39 is 11.7 Å². The molecule has 0 aliphatic carbocycles. The summed E-state index contributed by atoms with van der Waals surface area (Å²) >= 11 is 1.62. The second-order valence-electron chi connectivity index (χ2n) is 8.66. The first-order chi connectivity index (χ1) is 17.1. The minimum atomic E-state index is -0.595. The molecule has 1 fully saturated rings. The number of halogens is 1. The van der Waals surface area contributed by atoms with Gasteiger partial charge in [0.1, 0.15) is 17.3 Å². The number of nitrogens with one attached hydrogen (secondary N) is 1. The van der Waals surface area contributed by atoms with Crippen LogP contribution in [0.4, 0.5) is 10.2 Å². The van der Waals surface area contributed by atoms with Gasteiger partial charge >= 0.3 is 0 Å². The van der Waals surface area contributed by atoms with Gasteiger partial charge in [-0.05, 0) is 55.5 Å². The number of thiophene rings is 1. The maximum absolute atomic E-state index is 15.4. The van der Waals surface area contributed by atoms with Crippen molar-refractivity contribution < 1.29 is 13.9 Å². The van der Waals surface area contributed by atoms with Crippen LogP contribution in [-0.4, -0.2) is 58.7 Å². The Morgan fingerprint density at radius 1 is 1.37 bits per heavy atom. The molecule has 1 saturated heterocycles. The van der Waals surface area contributed by atoms with Crippen LogP contribution in [0.25, 0.3) is 21.3 Å². The number of hydrogen-bond donors (Lipinski definition) is 1. The molecule has 0 spiro atoms. The van der Waals surface area contributed by atoms with Gasteiger partial charge in [0, 0.05) is 35.5 Å². The highest BCUT2D eigenvalue weighted by molar-refractivity contribution is 7.17. The summed E-state index contributed by atoms with van der Waals surface area (Å²) in [7, 11) is 1.62. The SMILES string of the molecule is COCCn1cc(-c2ccc(C(=O)N(c3nccc4scc(C)c34)[C@@H]3CCCNC3)c(F)c2)nn1. The molecule has 0 saturated carbocycles. The third-order valence-electron chi connectivity index (χ3n) is 6.29.